The van der Waals surface area contributed by atoms with Crippen molar-refractivity contribution in [1.82, 2.24) is 4.72 Å². The van der Waals surface area contributed by atoms with Crippen LogP contribution < -0.4 is 9.62 Å². The molecule has 1 aromatic rings. The average Bonchev–Trinajstić information content (AvgIpc) is 2.46. The molecule has 0 saturated heterocycles. The fourth-order valence-corrected chi connectivity index (χ4v) is 1.84. The number of anilines is 1. The van der Waals surface area contributed by atoms with Crippen LogP contribution in [0.4, 0.5) is 23.7 Å². The van der Waals surface area contributed by atoms with Crippen LogP contribution in [0.5, 0.6) is 0 Å². The SMILES string of the molecule is CNS(=O)(=O)OC#CC(C)N(C(=O)O)c1cccc(C(F)(F)F)c1. The van der Waals surface area contributed by atoms with Crippen molar-refractivity contribution in [3.8, 4) is 12.0 Å². The number of hydrogen-bond acceptors (Lipinski definition) is 4. The van der Waals surface area contributed by atoms with Gasteiger partial charge in [-0.15, -0.1) is 0 Å². The summed E-state index contributed by atoms with van der Waals surface area (Å²) in [6.45, 7) is 1.26. The highest BCUT2D eigenvalue weighted by atomic mass is 32.2. The number of hydrogen-bond donors (Lipinski definition) is 2. The number of alkyl halides is 3. The van der Waals surface area contributed by atoms with Gasteiger partial charge in [-0.3, -0.25) is 4.90 Å². The maximum Gasteiger partial charge on any atom is 0.416 e. The molecule has 24 heavy (non-hydrogen) atoms. The molecule has 0 bridgehead atoms. The van der Waals surface area contributed by atoms with Crippen molar-refractivity contribution in [2.45, 2.75) is 19.1 Å². The molecule has 1 aromatic carbocycles. The van der Waals surface area contributed by atoms with Gasteiger partial charge in [-0.2, -0.15) is 26.3 Å². The largest absolute Gasteiger partial charge is 0.465 e. The molecule has 1 atom stereocenters. The van der Waals surface area contributed by atoms with Gasteiger partial charge in [0.25, 0.3) is 0 Å². The number of carbonyl (C=O) groups is 1. The van der Waals surface area contributed by atoms with Gasteiger partial charge in [-0.25, -0.2) is 4.79 Å². The Labute approximate surface area is 136 Å². The number of halogens is 3. The molecule has 1 unspecified atom stereocenters. The van der Waals surface area contributed by atoms with Crippen LogP contribution in [0.1, 0.15) is 12.5 Å². The van der Waals surface area contributed by atoms with Crippen LogP contribution in [-0.2, 0) is 20.7 Å². The van der Waals surface area contributed by atoms with Gasteiger partial charge >= 0.3 is 22.6 Å². The van der Waals surface area contributed by atoms with Gasteiger partial charge in [0.15, 0.2) is 0 Å². The Balaban J connectivity index is 3.12. The molecule has 0 aliphatic carbocycles. The van der Waals surface area contributed by atoms with E-state index in [4.69, 9.17) is 0 Å². The molecule has 11 heteroatoms. The number of benzene rings is 1. The molecular weight excluding hydrogens is 353 g/mol. The van der Waals surface area contributed by atoms with E-state index in [9.17, 15) is 31.5 Å². The molecule has 1 amide bonds. The van der Waals surface area contributed by atoms with Crippen molar-refractivity contribution in [3.05, 3.63) is 29.8 Å². The van der Waals surface area contributed by atoms with E-state index in [0.29, 0.717) is 11.0 Å². The van der Waals surface area contributed by atoms with Crippen molar-refractivity contribution < 1.29 is 35.7 Å². The number of amides is 1. The lowest BCUT2D eigenvalue weighted by atomic mass is 10.1. The van der Waals surface area contributed by atoms with Gasteiger partial charge in [0.1, 0.15) is 12.1 Å². The topological polar surface area (TPSA) is 95.9 Å². The summed E-state index contributed by atoms with van der Waals surface area (Å²) < 4.78 is 66.2. The zero-order valence-electron chi connectivity index (χ0n) is 12.5. The first-order chi connectivity index (χ1) is 11.0. The molecule has 0 aliphatic rings. The lowest BCUT2D eigenvalue weighted by Gasteiger charge is -2.23. The van der Waals surface area contributed by atoms with Gasteiger partial charge in [-0.05, 0) is 31.0 Å². The van der Waals surface area contributed by atoms with Crippen LogP contribution in [0, 0.1) is 12.0 Å². The molecule has 2 N–H and O–H groups in total. The molecule has 0 heterocycles. The zero-order chi connectivity index (χ0) is 18.5. The first-order valence-electron chi connectivity index (χ1n) is 6.30. The normalized spacial score (nSPS) is 12.7. The first-order valence-corrected chi connectivity index (χ1v) is 7.70. The highest BCUT2D eigenvalue weighted by Gasteiger charge is 2.31. The Hall–Kier alpha value is -2.45. The third kappa shape index (κ3) is 5.32. The van der Waals surface area contributed by atoms with Gasteiger partial charge in [0.2, 0.25) is 0 Å². The van der Waals surface area contributed by atoms with Gasteiger partial charge in [0.05, 0.1) is 5.56 Å². The standard InChI is InChI=1S/C13H13F3N2O5S/c1-9(6-7-23-24(21,22)17-2)18(12(19)20)11-5-3-4-10(8-11)13(14,15)16/h3-5,8-9,17H,1-2H3,(H,19,20). The zero-order valence-corrected chi connectivity index (χ0v) is 13.3. The van der Waals surface area contributed by atoms with Gasteiger partial charge in [0, 0.05) is 12.7 Å². The maximum absolute atomic E-state index is 12.7. The number of rotatable bonds is 4. The molecule has 0 radical (unpaired) electrons. The van der Waals surface area contributed by atoms with Crippen LogP contribution in [-0.4, -0.2) is 32.7 Å². The molecule has 0 aliphatic heterocycles. The number of nitrogens with one attached hydrogen (secondary N) is 1. The molecule has 132 valence electrons. The fraction of sp³-hybridized carbons (Fsp3) is 0.308. The van der Waals surface area contributed by atoms with E-state index in [1.165, 1.54) is 6.92 Å². The summed E-state index contributed by atoms with van der Waals surface area (Å²) in [5.41, 5.74) is -1.30. The lowest BCUT2D eigenvalue weighted by Crippen LogP contribution is -2.37. The third-order valence-electron chi connectivity index (χ3n) is 2.71. The molecule has 0 fully saturated rings. The fourth-order valence-electron chi connectivity index (χ4n) is 1.60. The predicted octanol–water partition coefficient (Wildman–Crippen LogP) is 2.02. The summed E-state index contributed by atoms with van der Waals surface area (Å²) in [5.74, 6) is 2.18. The maximum atomic E-state index is 12.7. The summed E-state index contributed by atoms with van der Waals surface area (Å²) in [4.78, 5) is 11.9. The number of nitrogens with zero attached hydrogens (tertiary/aromatic N) is 1. The Morgan fingerprint density at radius 3 is 2.54 bits per heavy atom. The molecule has 7 nitrogen and oxygen atoms in total. The molecule has 0 saturated carbocycles. The van der Waals surface area contributed by atoms with E-state index < -0.39 is 34.2 Å². The molecule has 1 rings (SSSR count). The van der Waals surface area contributed by atoms with Crippen molar-refractivity contribution >= 4 is 22.1 Å². The Morgan fingerprint density at radius 1 is 1.42 bits per heavy atom. The van der Waals surface area contributed by atoms with E-state index in [0.717, 1.165) is 25.2 Å². The highest BCUT2D eigenvalue weighted by Crippen LogP contribution is 2.32. The Bertz CT molecular complexity index is 768. The second kappa shape index (κ2) is 7.41. The Morgan fingerprint density at radius 2 is 2.04 bits per heavy atom. The second-order valence-electron chi connectivity index (χ2n) is 4.36. The van der Waals surface area contributed by atoms with Crippen molar-refractivity contribution in [3.63, 3.8) is 0 Å². The summed E-state index contributed by atoms with van der Waals surface area (Å²) in [5, 5.41) is 9.20. The molecular formula is C13H13F3N2O5S. The van der Waals surface area contributed by atoms with E-state index >= 15 is 0 Å². The van der Waals surface area contributed by atoms with Crippen LogP contribution in [0.3, 0.4) is 0 Å². The average molecular weight is 366 g/mol. The minimum absolute atomic E-state index is 0.268. The van der Waals surface area contributed by atoms with Crippen molar-refractivity contribution in [2.75, 3.05) is 11.9 Å². The van der Waals surface area contributed by atoms with Crippen molar-refractivity contribution in [2.24, 2.45) is 0 Å². The molecule has 0 aromatic heterocycles. The lowest BCUT2D eigenvalue weighted by molar-refractivity contribution is -0.137. The quantitative estimate of drug-likeness (QED) is 0.795. The third-order valence-corrected chi connectivity index (χ3v) is 3.52. The van der Waals surface area contributed by atoms with E-state index in [2.05, 4.69) is 10.1 Å². The first kappa shape index (κ1) is 19.6. The highest BCUT2D eigenvalue weighted by molar-refractivity contribution is 7.84. The minimum Gasteiger partial charge on any atom is -0.465 e. The van der Waals surface area contributed by atoms with E-state index in [-0.39, 0.29) is 5.69 Å². The van der Waals surface area contributed by atoms with E-state index in [1.807, 2.05) is 4.72 Å². The van der Waals surface area contributed by atoms with Crippen LogP contribution >= 0.6 is 0 Å². The minimum atomic E-state index is -4.64. The molecule has 0 spiro atoms. The second-order valence-corrected chi connectivity index (χ2v) is 5.85. The summed E-state index contributed by atoms with van der Waals surface area (Å²) in [6.07, 6.45) is -4.40. The van der Waals surface area contributed by atoms with E-state index in [1.54, 1.807) is 6.11 Å². The van der Waals surface area contributed by atoms with Crippen LogP contribution in [0.2, 0.25) is 0 Å². The van der Waals surface area contributed by atoms with Crippen LogP contribution in [0.15, 0.2) is 24.3 Å². The smallest absolute Gasteiger partial charge is 0.416 e. The summed E-state index contributed by atoms with van der Waals surface area (Å²) in [7, 11) is -3.01. The monoisotopic (exact) mass is 366 g/mol. The number of carboxylic acid groups (broad SMARTS) is 1. The summed E-state index contributed by atoms with van der Waals surface area (Å²) in [6, 6.07) is 2.49. The predicted molar refractivity (Wildman–Crippen MR) is 78.3 cm³/mol. The Kier molecular flexibility index (Phi) is 6.05. The van der Waals surface area contributed by atoms with Gasteiger partial charge < -0.3 is 9.29 Å². The summed E-state index contributed by atoms with van der Waals surface area (Å²) >= 11 is 0. The van der Waals surface area contributed by atoms with Gasteiger partial charge in [-0.1, -0.05) is 6.07 Å². The van der Waals surface area contributed by atoms with Crippen LogP contribution in [0.25, 0.3) is 0 Å². The van der Waals surface area contributed by atoms with Crippen molar-refractivity contribution in [1.29, 1.82) is 0 Å².